The van der Waals surface area contributed by atoms with E-state index in [9.17, 15) is 4.79 Å². The van der Waals surface area contributed by atoms with E-state index >= 15 is 0 Å². The first kappa shape index (κ1) is 12.3. The summed E-state index contributed by atoms with van der Waals surface area (Å²) in [5.74, 6) is -0.407. The molecule has 0 aliphatic rings. The molecule has 0 spiro atoms. The quantitative estimate of drug-likeness (QED) is 0.556. The van der Waals surface area contributed by atoms with E-state index in [1.165, 1.54) is 19.5 Å². The van der Waals surface area contributed by atoms with Gasteiger partial charge in [-0.25, -0.2) is 14.8 Å². The highest BCUT2D eigenvalue weighted by atomic mass is 16.5. The fourth-order valence-electron chi connectivity index (χ4n) is 0.992. The highest BCUT2D eigenvalue weighted by Gasteiger charge is 2.14. The van der Waals surface area contributed by atoms with Crippen LogP contribution in [0, 0.1) is 0 Å². The predicted octanol–water partition coefficient (Wildman–Crippen LogP) is -0.972. The lowest BCUT2D eigenvalue weighted by Crippen LogP contribution is -2.24. The number of nitrogens with one attached hydrogen (secondary N) is 1. The molecule has 1 heterocycles. The maximum atomic E-state index is 11.3. The zero-order valence-corrected chi connectivity index (χ0v) is 8.75. The Morgan fingerprint density at radius 2 is 2.25 bits per heavy atom. The minimum atomic E-state index is -0.924. The number of aliphatic hydroxyl groups excluding tert-OH is 2. The van der Waals surface area contributed by atoms with E-state index in [0.29, 0.717) is 0 Å². The van der Waals surface area contributed by atoms with E-state index in [-0.39, 0.29) is 24.7 Å². The lowest BCUT2D eigenvalue weighted by atomic mass is 10.3. The number of carbonyl (C=O) groups is 1. The molecule has 0 aliphatic heterocycles. The molecular formula is C9H13N3O4. The lowest BCUT2D eigenvalue weighted by Gasteiger charge is -2.10. The van der Waals surface area contributed by atoms with Crippen molar-refractivity contribution in [2.45, 2.75) is 6.10 Å². The van der Waals surface area contributed by atoms with E-state index in [4.69, 9.17) is 10.2 Å². The van der Waals surface area contributed by atoms with E-state index in [1.54, 1.807) is 0 Å². The van der Waals surface area contributed by atoms with Gasteiger partial charge in [-0.3, -0.25) is 0 Å². The van der Waals surface area contributed by atoms with Gasteiger partial charge in [-0.05, 0) is 0 Å². The first-order valence-corrected chi connectivity index (χ1v) is 4.61. The molecule has 7 nitrogen and oxygen atoms in total. The average Bonchev–Trinajstić information content (AvgIpc) is 2.35. The van der Waals surface area contributed by atoms with Gasteiger partial charge < -0.3 is 20.3 Å². The van der Waals surface area contributed by atoms with Crippen molar-refractivity contribution >= 4 is 11.8 Å². The van der Waals surface area contributed by atoms with E-state index in [2.05, 4.69) is 20.0 Å². The van der Waals surface area contributed by atoms with Crippen molar-refractivity contribution in [1.82, 2.24) is 9.97 Å². The molecule has 0 saturated carbocycles. The van der Waals surface area contributed by atoms with Crippen LogP contribution < -0.4 is 5.32 Å². The largest absolute Gasteiger partial charge is 0.464 e. The maximum absolute atomic E-state index is 11.3. The Morgan fingerprint density at radius 1 is 1.56 bits per heavy atom. The molecule has 7 heteroatoms. The van der Waals surface area contributed by atoms with Gasteiger partial charge in [-0.15, -0.1) is 0 Å². The third kappa shape index (κ3) is 3.14. The minimum Gasteiger partial charge on any atom is -0.464 e. The molecule has 0 bridgehead atoms. The number of nitrogens with zero attached hydrogens (tertiary/aromatic N) is 2. The van der Waals surface area contributed by atoms with Crippen molar-refractivity contribution in [1.29, 1.82) is 0 Å². The molecule has 1 rings (SSSR count). The second-order valence-electron chi connectivity index (χ2n) is 2.96. The number of esters is 1. The van der Waals surface area contributed by atoms with Gasteiger partial charge >= 0.3 is 5.97 Å². The number of methoxy groups -OCH3 is 1. The van der Waals surface area contributed by atoms with Gasteiger partial charge in [0.05, 0.1) is 19.8 Å². The van der Waals surface area contributed by atoms with Crippen molar-refractivity contribution in [2.75, 3.05) is 25.6 Å². The van der Waals surface area contributed by atoms with Crippen LogP contribution in [-0.2, 0) is 4.74 Å². The Bertz CT molecular complexity index is 358. The summed E-state index contributed by atoms with van der Waals surface area (Å²) < 4.78 is 4.52. The molecule has 0 amide bonds. The lowest BCUT2D eigenvalue weighted by molar-refractivity contribution is 0.0594. The molecule has 1 aromatic heterocycles. The Morgan fingerprint density at radius 3 is 2.88 bits per heavy atom. The molecule has 1 aromatic rings. The zero-order valence-electron chi connectivity index (χ0n) is 8.75. The topological polar surface area (TPSA) is 105 Å². The van der Waals surface area contributed by atoms with Crippen LogP contribution in [0.5, 0.6) is 0 Å². The molecular weight excluding hydrogens is 214 g/mol. The van der Waals surface area contributed by atoms with Crippen LogP contribution in [0.25, 0.3) is 0 Å². The highest BCUT2D eigenvalue weighted by Crippen LogP contribution is 2.09. The zero-order chi connectivity index (χ0) is 12.0. The number of aromatic nitrogens is 2. The van der Waals surface area contributed by atoms with E-state index in [1.807, 2.05) is 0 Å². The van der Waals surface area contributed by atoms with Gasteiger partial charge in [-0.2, -0.15) is 0 Å². The van der Waals surface area contributed by atoms with Gasteiger partial charge in [0.15, 0.2) is 11.5 Å². The monoisotopic (exact) mass is 227 g/mol. The van der Waals surface area contributed by atoms with Crippen LogP contribution in [0.15, 0.2) is 12.4 Å². The summed E-state index contributed by atoms with van der Waals surface area (Å²) in [6.07, 6.45) is 1.84. The Labute approximate surface area is 92.1 Å². The first-order valence-electron chi connectivity index (χ1n) is 4.61. The van der Waals surface area contributed by atoms with Crippen LogP contribution in [0.3, 0.4) is 0 Å². The van der Waals surface area contributed by atoms with Gasteiger partial charge in [0.25, 0.3) is 0 Å². The summed E-state index contributed by atoms with van der Waals surface area (Å²) in [5.41, 5.74) is 0.0372. The summed E-state index contributed by atoms with van der Waals surface area (Å²) in [4.78, 5) is 19.0. The van der Waals surface area contributed by atoms with Crippen LogP contribution >= 0.6 is 0 Å². The van der Waals surface area contributed by atoms with Gasteiger partial charge in [-0.1, -0.05) is 0 Å². The van der Waals surface area contributed by atoms with Crippen molar-refractivity contribution in [2.24, 2.45) is 0 Å². The standard InChI is InChI=1S/C9H13N3O4/c1-16-9(15)7-8(11-3-2-10-7)12-4-6(14)5-13/h2-3,6,13-14H,4-5H2,1H3,(H,11,12). The van der Waals surface area contributed by atoms with Crippen LogP contribution in [0.4, 0.5) is 5.82 Å². The first-order chi connectivity index (χ1) is 7.69. The summed E-state index contributed by atoms with van der Waals surface area (Å²) in [6.45, 7) is -0.306. The van der Waals surface area contributed by atoms with Crippen molar-refractivity contribution in [3.8, 4) is 0 Å². The Kier molecular flexibility index (Phi) is 4.62. The molecule has 0 fully saturated rings. The number of rotatable bonds is 5. The number of hydrogen-bond acceptors (Lipinski definition) is 7. The van der Waals surface area contributed by atoms with Crippen LogP contribution in [-0.4, -0.2) is 52.5 Å². The van der Waals surface area contributed by atoms with Crippen LogP contribution in [0.2, 0.25) is 0 Å². The SMILES string of the molecule is COC(=O)c1nccnc1NCC(O)CO. The molecule has 3 N–H and O–H groups in total. The normalized spacial score (nSPS) is 11.9. The molecule has 1 atom stereocenters. The number of anilines is 1. The Hall–Kier alpha value is -1.73. The third-order valence-electron chi connectivity index (χ3n) is 1.79. The number of hydrogen-bond donors (Lipinski definition) is 3. The fourth-order valence-corrected chi connectivity index (χ4v) is 0.992. The van der Waals surface area contributed by atoms with Crippen LogP contribution in [0.1, 0.15) is 10.5 Å². The van der Waals surface area contributed by atoms with Gasteiger partial charge in [0.1, 0.15) is 0 Å². The molecule has 16 heavy (non-hydrogen) atoms. The van der Waals surface area contributed by atoms with Crippen molar-refractivity contribution in [3.63, 3.8) is 0 Å². The molecule has 0 saturated heterocycles. The number of carbonyl (C=O) groups excluding carboxylic acids is 1. The summed E-state index contributed by atoms with van der Waals surface area (Å²) in [5, 5.41) is 20.4. The number of ether oxygens (including phenoxy) is 1. The third-order valence-corrected chi connectivity index (χ3v) is 1.79. The molecule has 0 aromatic carbocycles. The summed E-state index contributed by atoms with van der Waals surface area (Å²) in [7, 11) is 1.24. The van der Waals surface area contributed by atoms with Crippen molar-refractivity contribution in [3.05, 3.63) is 18.1 Å². The molecule has 0 aliphatic carbocycles. The highest BCUT2D eigenvalue weighted by molar-refractivity contribution is 5.92. The van der Waals surface area contributed by atoms with Gasteiger partial charge in [0.2, 0.25) is 0 Å². The predicted molar refractivity (Wildman–Crippen MR) is 55.0 cm³/mol. The van der Waals surface area contributed by atoms with E-state index < -0.39 is 12.1 Å². The molecule has 88 valence electrons. The van der Waals surface area contributed by atoms with Gasteiger partial charge in [0, 0.05) is 18.9 Å². The second kappa shape index (κ2) is 5.99. The Balaban J connectivity index is 2.75. The summed E-state index contributed by atoms with van der Waals surface area (Å²) in [6, 6.07) is 0. The average molecular weight is 227 g/mol. The second-order valence-corrected chi connectivity index (χ2v) is 2.96. The fraction of sp³-hybridized carbons (Fsp3) is 0.444. The smallest absolute Gasteiger partial charge is 0.360 e. The molecule has 0 radical (unpaired) electrons. The molecule has 1 unspecified atom stereocenters. The van der Waals surface area contributed by atoms with E-state index in [0.717, 1.165) is 0 Å². The minimum absolute atomic E-state index is 0.0372. The number of aliphatic hydroxyl groups is 2. The summed E-state index contributed by atoms with van der Waals surface area (Å²) >= 11 is 0. The van der Waals surface area contributed by atoms with Crippen molar-refractivity contribution < 1.29 is 19.7 Å². The maximum Gasteiger partial charge on any atom is 0.360 e.